The number of imide groups is 1. The van der Waals surface area contributed by atoms with Crippen molar-refractivity contribution < 1.29 is 23.5 Å². The average molecular weight is 382 g/mol. The van der Waals surface area contributed by atoms with Gasteiger partial charge in [0.1, 0.15) is 18.6 Å². The first-order chi connectivity index (χ1) is 13.1. The van der Waals surface area contributed by atoms with Crippen molar-refractivity contribution in [2.24, 2.45) is 0 Å². The van der Waals surface area contributed by atoms with Crippen molar-refractivity contribution in [2.75, 3.05) is 4.90 Å². The van der Waals surface area contributed by atoms with Gasteiger partial charge in [-0.1, -0.05) is 12.1 Å². The third-order valence-corrected chi connectivity index (χ3v) is 4.88. The van der Waals surface area contributed by atoms with Crippen molar-refractivity contribution >= 4 is 34.8 Å². The van der Waals surface area contributed by atoms with Gasteiger partial charge in [0.15, 0.2) is 0 Å². The van der Waals surface area contributed by atoms with Gasteiger partial charge in [0.2, 0.25) is 17.7 Å². The van der Waals surface area contributed by atoms with E-state index in [4.69, 9.17) is 9.15 Å². The zero-order valence-corrected chi connectivity index (χ0v) is 14.9. The van der Waals surface area contributed by atoms with Crippen LogP contribution in [0.5, 0.6) is 0 Å². The summed E-state index contributed by atoms with van der Waals surface area (Å²) >= 11 is 1.50. The molecule has 0 saturated carbocycles. The number of amides is 2. The molecule has 2 aromatic heterocycles. The van der Waals surface area contributed by atoms with E-state index >= 15 is 0 Å². The minimum atomic E-state index is -0.573. The summed E-state index contributed by atoms with van der Waals surface area (Å²) in [6, 6.07) is 10.0. The first-order valence-corrected chi connectivity index (χ1v) is 9.11. The van der Waals surface area contributed by atoms with E-state index in [1.165, 1.54) is 23.7 Å². The molecule has 1 saturated heterocycles. The van der Waals surface area contributed by atoms with Gasteiger partial charge in [0.05, 0.1) is 16.1 Å². The van der Waals surface area contributed by atoms with Gasteiger partial charge in [-0.05, 0) is 29.6 Å². The maximum Gasteiger partial charge on any atom is 0.338 e. The normalized spacial score (nSPS) is 14.0. The first-order valence-electron chi connectivity index (χ1n) is 8.23. The zero-order valence-electron chi connectivity index (χ0n) is 14.1. The van der Waals surface area contributed by atoms with E-state index < -0.39 is 5.97 Å². The molecule has 27 heavy (non-hydrogen) atoms. The zero-order chi connectivity index (χ0) is 18.8. The van der Waals surface area contributed by atoms with Crippen LogP contribution in [0.15, 0.2) is 52.5 Å². The second kappa shape index (κ2) is 7.16. The van der Waals surface area contributed by atoms with Gasteiger partial charge >= 0.3 is 5.97 Å². The van der Waals surface area contributed by atoms with Gasteiger partial charge < -0.3 is 9.15 Å². The van der Waals surface area contributed by atoms with Gasteiger partial charge in [-0.2, -0.15) is 0 Å². The predicted octanol–water partition coefficient (Wildman–Crippen LogP) is 3.41. The lowest BCUT2D eigenvalue weighted by Crippen LogP contribution is -2.28. The van der Waals surface area contributed by atoms with E-state index in [0.29, 0.717) is 17.3 Å². The van der Waals surface area contributed by atoms with Crippen molar-refractivity contribution in [2.45, 2.75) is 19.4 Å². The molecule has 1 aromatic carbocycles. The molecule has 3 aromatic rings. The summed E-state index contributed by atoms with van der Waals surface area (Å²) in [5.41, 5.74) is 1.12. The van der Waals surface area contributed by atoms with Crippen LogP contribution in [-0.2, 0) is 20.9 Å². The molecule has 0 atom stereocenters. The van der Waals surface area contributed by atoms with Crippen LogP contribution in [0.1, 0.15) is 28.9 Å². The summed E-state index contributed by atoms with van der Waals surface area (Å²) in [4.78, 5) is 42.3. The van der Waals surface area contributed by atoms with Crippen LogP contribution in [0.25, 0.3) is 10.8 Å². The largest absolute Gasteiger partial charge is 0.455 e. The van der Waals surface area contributed by atoms with Crippen molar-refractivity contribution in [1.82, 2.24) is 4.98 Å². The number of thiophene rings is 1. The van der Waals surface area contributed by atoms with Crippen molar-refractivity contribution in [3.05, 3.63) is 59.3 Å². The fourth-order valence-corrected chi connectivity index (χ4v) is 3.40. The Morgan fingerprint density at radius 1 is 1.19 bits per heavy atom. The molecule has 0 bridgehead atoms. The van der Waals surface area contributed by atoms with Crippen molar-refractivity contribution in [3.8, 4) is 10.8 Å². The minimum Gasteiger partial charge on any atom is -0.455 e. The maximum atomic E-state index is 12.3. The summed E-state index contributed by atoms with van der Waals surface area (Å²) in [6.07, 6.45) is 1.82. The molecule has 3 heterocycles. The Bertz CT molecular complexity index is 993. The fraction of sp³-hybridized carbons (Fsp3) is 0.158. The lowest BCUT2D eigenvalue weighted by molar-refractivity contribution is -0.121. The molecule has 1 aliphatic rings. The molecule has 1 fully saturated rings. The summed E-state index contributed by atoms with van der Waals surface area (Å²) in [5.74, 6) is -0.635. The Morgan fingerprint density at radius 2 is 2.00 bits per heavy atom. The van der Waals surface area contributed by atoms with E-state index in [0.717, 1.165) is 9.78 Å². The monoisotopic (exact) mass is 382 g/mol. The Kier molecular flexibility index (Phi) is 4.55. The Morgan fingerprint density at radius 3 is 2.74 bits per heavy atom. The number of anilines is 1. The highest BCUT2D eigenvalue weighted by Gasteiger charge is 2.30. The van der Waals surface area contributed by atoms with Crippen LogP contribution in [0, 0.1) is 0 Å². The van der Waals surface area contributed by atoms with Gasteiger partial charge in [-0.3, -0.25) is 14.5 Å². The van der Waals surface area contributed by atoms with Crippen molar-refractivity contribution in [1.29, 1.82) is 0 Å². The number of carbonyl (C=O) groups is 3. The van der Waals surface area contributed by atoms with Gasteiger partial charge in [-0.25, -0.2) is 9.78 Å². The Balaban J connectivity index is 1.44. The highest BCUT2D eigenvalue weighted by atomic mass is 32.1. The molecular formula is C19H14N2O5S. The number of carbonyl (C=O) groups excluding carboxylic acids is 3. The van der Waals surface area contributed by atoms with E-state index in [1.807, 2.05) is 17.5 Å². The van der Waals surface area contributed by atoms with E-state index in [9.17, 15) is 14.4 Å². The van der Waals surface area contributed by atoms with E-state index in [1.54, 1.807) is 18.2 Å². The topological polar surface area (TPSA) is 89.7 Å². The lowest BCUT2D eigenvalue weighted by atomic mass is 10.2. The standard InChI is InChI=1S/C19H14N2O5S/c22-16-6-7-17(23)21(16)14-4-1-3-12(9-14)19(24)26-11-13-10-25-18(20-13)15-5-2-8-27-15/h1-5,8-10H,6-7,11H2. The summed E-state index contributed by atoms with van der Waals surface area (Å²) in [6.45, 7) is -0.0422. The molecule has 0 unspecified atom stereocenters. The van der Waals surface area contributed by atoms with E-state index in [-0.39, 0.29) is 36.8 Å². The average Bonchev–Trinajstić information content (AvgIpc) is 3.41. The number of hydrogen-bond donors (Lipinski definition) is 0. The van der Waals surface area contributed by atoms with Crippen molar-refractivity contribution in [3.63, 3.8) is 0 Å². The SMILES string of the molecule is O=C(OCc1coc(-c2cccs2)n1)c1cccc(N2C(=O)CCC2=O)c1. The smallest absolute Gasteiger partial charge is 0.338 e. The summed E-state index contributed by atoms with van der Waals surface area (Å²) in [7, 11) is 0. The number of aromatic nitrogens is 1. The van der Waals surface area contributed by atoms with Crippen LogP contribution in [0.2, 0.25) is 0 Å². The highest BCUT2D eigenvalue weighted by Crippen LogP contribution is 2.25. The quantitative estimate of drug-likeness (QED) is 0.496. The minimum absolute atomic E-state index is 0.0422. The Labute approximate surface area is 158 Å². The number of ether oxygens (including phenoxy) is 1. The molecule has 7 nitrogen and oxygen atoms in total. The molecule has 1 aliphatic heterocycles. The third kappa shape index (κ3) is 3.52. The van der Waals surface area contributed by atoms with Crippen LogP contribution in [0.3, 0.4) is 0 Å². The van der Waals surface area contributed by atoms with Crippen LogP contribution < -0.4 is 4.90 Å². The van der Waals surface area contributed by atoms with Gasteiger partial charge in [-0.15, -0.1) is 11.3 Å². The first kappa shape index (κ1) is 17.2. The molecular weight excluding hydrogens is 368 g/mol. The molecule has 0 aliphatic carbocycles. The Hall–Kier alpha value is -3.26. The molecule has 0 spiro atoms. The molecule has 8 heteroatoms. The summed E-state index contributed by atoms with van der Waals surface area (Å²) < 4.78 is 10.7. The number of hydrogen-bond acceptors (Lipinski definition) is 7. The molecule has 0 radical (unpaired) electrons. The number of nitrogens with zero attached hydrogens (tertiary/aromatic N) is 2. The number of rotatable bonds is 5. The highest BCUT2D eigenvalue weighted by molar-refractivity contribution is 7.13. The number of benzene rings is 1. The lowest BCUT2D eigenvalue weighted by Gasteiger charge is -2.14. The van der Waals surface area contributed by atoms with Gasteiger partial charge in [0.25, 0.3) is 0 Å². The molecule has 2 amide bonds. The molecule has 4 rings (SSSR count). The number of oxazole rings is 1. The summed E-state index contributed by atoms with van der Waals surface area (Å²) in [5, 5.41) is 1.92. The predicted molar refractivity (Wildman–Crippen MR) is 97.1 cm³/mol. The maximum absolute atomic E-state index is 12.3. The second-order valence-corrected chi connectivity index (χ2v) is 6.82. The fourth-order valence-electron chi connectivity index (χ4n) is 2.75. The number of esters is 1. The molecule has 136 valence electrons. The van der Waals surface area contributed by atoms with Crippen LogP contribution in [0.4, 0.5) is 5.69 Å². The van der Waals surface area contributed by atoms with Gasteiger partial charge in [0, 0.05) is 12.8 Å². The second-order valence-electron chi connectivity index (χ2n) is 5.87. The van der Waals surface area contributed by atoms with Crippen LogP contribution >= 0.6 is 11.3 Å². The van der Waals surface area contributed by atoms with Crippen LogP contribution in [-0.4, -0.2) is 22.8 Å². The third-order valence-electron chi connectivity index (χ3n) is 4.03. The van der Waals surface area contributed by atoms with E-state index in [2.05, 4.69) is 4.98 Å². The molecule has 0 N–H and O–H groups in total.